The second kappa shape index (κ2) is 10.4. The van der Waals surface area contributed by atoms with Crippen molar-refractivity contribution in [2.24, 2.45) is 0 Å². The van der Waals surface area contributed by atoms with E-state index in [1.165, 1.54) is 11.2 Å². The lowest BCUT2D eigenvalue weighted by molar-refractivity contribution is -0.136. The van der Waals surface area contributed by atoms with Crippen LogP contribution in [0, 0.1) is 6.92 Å². The Morgan fingerprint density at radius 3 is 2.51 bits per heavy atom. The Kier molecular flexibility index (Phi) is 7.47. The molecule has 0 unspecified atom stereocenters. The number of rotatable bonds is 8. The molecule has 1 aliphatic carbocycles. The first-order valence-corrected chi connectivity index (χ1v) is 15.3. The van der Waals surface area contributed by atoms with Gasteiger partial charge in [-0.3, -0.25) is 10.2 Å². The van der Waals surface area contributed by atoms with Gasteiger partial charge in [0.2, 0.25) is 0 Å². The molecule has 1 atom stereocenters. The Morgan fingerprint density at radius 2 is 1.90 bits per heavy atom. The fourth-order valence-electron chi connectivity index (χ4n) is 4.46. The number of carbonyl (C=O) groups is 1. The van der Waals surface area contributed by atoms with Gasteiger partial charge in [-0.2, -0.15) is 17.5 Å². The molecule has 2 fully saturated rings. The molecular weight excluding hydrogens is 579 g/mol. The normalized spacial score (nSPS) is 18.4. The van der Waals surface area contributed by atoms with Gasteiger partial charge in [0, 0.05) is 50.1 Å². The second-order valence-electron chi connectivity index (χ2n) is 9.60. The van der Waals surface area contributed by atoms with E-state index in [1.54, 1.807) is 0 Å². The molecule has 0 radical (unpaired) electrons. The number of sulfonamides is 1. The van der Waals surface area contributed by atoms with Crippen LogP contribution in [-0.4, -0.2) is 82.5 Å². The number of anilines is 2. The van der Waals surface area contributed by atoms with Crippen LogP contribution in [0.3, 0.4) is 0 Å². The molecule has 1 aliphatic heterocycles. The average molecular weight is 606 g/mol. The number of nitrogens with one attached hydrogen (secondary N) is 2. The van der Waals surface area contributed by atoms with Crippen LogP contribution in [0.5, 0.6) is 0 Å². The first-order chi connectivity index (χ1) is 18.3. The van der Waals surface area contributed by atoms with E-state index < -0.39 is 27.9 Å². The van der Waals surface area contributed by atoms with Gasteiger partial charge in [-0.15, -0.1) is 11.3 Å². The predicted octanol–water partition coefficient (Wildman–Crippen LogP) is 4.25. The molecule has 212 valence electrons. The van der Waals surface area contributed by atoms with Gasteiger partial charge < -0.3 is 10.4 Å². The Bertz CT molecular complexity index is 1500. The number of hydrogen-bond donors (Lipinski definition) is 3. The van der Waals surface area contributed by atoms with E-state index in [4.69, 9.17) is 5.11 Å². The maximum atomic E-state index is 13.5. The highest BCUT2D eigenvalue weighted by atomic mass is 32.2. The molecule has 11 nitrogen and oxygen atoms in total. The zero-order valence-corrected chi connectivity index (χ0v) is 23.4. The number of piperazine rings is 1. The number of aryl methyl sites for hydroxylation is 1. The third-order valence-corrected chi connectivity index (χ3v) is 11.0. The summed E-state index contributed by atoms with van der Waals surface area (Å²) in [5, 5.41) is 15.3. The van der Waals surface area contributed by atoms with Gasteiger partial charge in [0.1, 0.15) is 11.6 Å². The summed E-state index contributed by atoms with van der Waals surface area (Å²) in [5.74, 6) is 0.905. The quantitative estimate of drug-likeness (QED) is 0.344. The van der Waals surface area contributed by atoms with Crippen LogP contribution in [0.15, 0.2) is 9.59 Å². The van der Waals surface area contributed by atoms with Gasteiger partial charge in [0.15, 0.2) is 9.34 Å². The summed E-state index contributed by atoms with van der Waals surface area (Å²) in [5.41, 5.74) is -0.590. The van der Waals surface area contributed by atoms with E-state index in [2.05, 4.69) is 30.5 Å². The first kappa shape index (κ1) is 27.9. The largest absolute Gasteiger partial charge is 0.465 e. The molecule has 39 heavy (non-hydrogen) atoms. The predicted molar refractivity (Wildman–Crippen MR) is 141 cm³/mol. The lowest BCUT2D eigenvalue weighted by atomic mass is 10.2. The Labute approximate surface area is 230 Å². The van der Waals surface area contributed by atoms with Crippen molar-refractivity contribution in [3.63, 3.8) is 0 Å². The van der Waals surface area contributed by atoms with Crippen molar-refractivity contribution < 1.29 is 31.5 Å². The molecule has 3 aromatic heterocycles. The zero-order valence-electron chi connectivity index (χ0n) is 20.9. The molecular formula is C22H26F3N7O4S3. The highest BCUT2D eigenvalue weighted by Gasteiger charge is 2.37. The van der Waals surface area contributed by atoms with E-state index in [-0.39, 0.29) is 45.6 Å². The molecule has 5 rings (SSSR count). The summed E-state index contributed by atoms with van der Waals surface area (Å²) >= 11 is 1.74. The van der Waals surface area contributed by atoms with Crippen LogP contribution >= 0.6 is 22.7 Å². The molecule has 1 saturated carbocycles. The number of halogens is 3. The second-order valence-corrected chi connectivity index (χ2v) is 13.6. The summed E-state index contributed by atoms with van der Waals surface area (Å²) in [6, 6.07) is -0.178. The van der Waals surface area contributed by atoms with Gasteiger partial charge in [0.05, 0.1) is 21.5 Å². The number of fused-ring (bicyclic) bond motifs is 1. The van der Waals surface area contributed by atoms with Crippen molar-refractivity contribution in [3.05, 3.63) is 22.5 Å². The monoisotopic (exact) mass is 605 g/mol. The maximum absolute atomic E-state index is 13.5. The van der Waals surface area contributed by atoms with Crippen molar-refractivity contribution in [2.45, 2.75) is 49.0 Å². The summed E-state index contributed by atoms with van der Waals surface area (Å²) in [7, 11) is -3.84. The van der Waals surface area contributed by atoms with Crippen LogP contribution in [0.25, 0.3) is 10.2 Å². The molecule has 1 amide bonds. The van der Waals surface area contributed by atoms with Crippen LogP contribution in [0.2, 0.25) is 0 Å². The molecule has 0 spiro atoms. The number of aromatic nitrogens is 3. The summed E-state index contributed by atoms with van der Waals surface area (Å²) in [4.78, 5) is 25.8. The van der Waals surface area contributed by atoms with E-state index in [0.717, 1.165) is 40.9 Å². The molecule has 3 aromatic rings. The standard InChI is InChI=1S/C22H26F3N7O4S3/c1-11(26-18-16-15(14(10-37-16)22(23,24)25)28-17(29-18)13-3-4-13)9-31-5-7-32(8-6-31)39(35,36)19-12(2)27-20(38-19)30-21(33)34/h10-11,13H,3-9H2,1-2H3,(H,27,30)(H,33,34)(H,26,28,29)/t11-/m0/s1. The third-order valence-electron chi connectivity index (χ3n) is 6.47. The van der Waals surface area contributed by atoms with Gasteiger partial charge in [-0.05, 0) is 26.7 Å². The SMILES string of the molecule is Cc1nc(NC(=O)O)sc1S(=O)(=O)N1CCN(C[C@H](C)Nc2nc(C3CC3)nc3c(C(F)(F)F)csc23)CC1. The fourth-order valence-corrected chi connectivity index (χ4v) is 8.39. The smallest absolute Gasteiger partial charge is 0.419 e. The minimum Gasteiger partial charge on any atom is -0.465 e. The molecule has 4 heterocycles. The van der Waals surface area contributed by atoms with Gasteiger partial charge in [0.25, 0.3) is 10.0 Å². The Hall–Kier alpha value is -2.60. The number of alkyl halides is 3. The van der Waals surface area contributed by atoms with Crippen LogP contribution in [0.1, 0.15) is 42.8 Å². The number of carboxylic acid groups (broad SMARTS) is 1. The van der Waals surface area contributed by atoms with E-state index >= 15 is 0 Å². The lowest BCUT2D eigenvalue weighted by Crippen LogP contribution is -2.50. The Balaban J connectivity index is 1.24. The van der Waals surface area contributed by atoms with Crippen molar-refractivity contribution in [1.82, 2.24) is 24.2 Å². The van der Waals surface area contributed by atoms with Gasteiger partial charge in [-0.25, -0.2) is 28.2 Å². The minimum absolute atomic E-state index is 0.00292. The van der Waals surface area contributed by atoms with Crippen molar-refractivity contribution in [3.8, 4) is 0 Å². The molecule has 17 heteroatoms. The molecule has 3 N–H and O–H groups in total. The van der Waals surface area contributed by atoms with E-state index in [1.807, 2.05) is 6.92 Å². The van der Waals surface area contributed by atoms with E-state index in [9.17, 15) is 26.4 Å². The van der Waals surface area contributed by atoms with Crippen molar-refractivity contribution >= 4 is 60.0 Å². The van der Waals surface area contributed by atoms with Gasteiger partial charge >= 0.3 is 12.3 Å². The minimum atomic E-state index is -4.50. The number of thiophene rings is 1. The van der Waals surface area contributed by atoms with Gasteiger partial charge in [-0.1, -0.05) is 11.3 Å². The highest BCUT2D eigenvalue weighted by molar-refractivity contribution is 7.91. The maximum Gasteiger partial charge on any atom is 0.419 e. The summed E-state index contributed by atoms with van der Waals surface area (Å²) < 4.78 is 68.7. The Morgan fingerprint density at radius 1 is 1.21 bits per heavy atom. The zero-order chi connectivity index (χ0) is 28.1. The summed E-state index contributed by atoms with van der Waals surface area (Å²) in [6.07, 6.45) is -4.10. The van der Waals surface area contributed by atoms with Crippen molar-refractivity contribution in [2.75, 3.05) is 43.4 Å². The molecule has 0 bridgehead atoms. The number of amides is 1. The fraction of sp³-hybridized carbons (Fsp3) is 0.545. The number of thiazole rings is 1. The summed E-state index contributed by atoms with van der Waals surface area (Å²) in [6.45, 7) is 5.32. The molecule has 2 aliphatic rings. The van der Waals surface area contributed by atoms with Crippen LogP contribution in [0.4, 0.5) is 28.9 Å². The average Bonchev–Trinajstić information content (AvgIpc) is 3.48. The van der Waals surface area contributed by atoms with Crippen LogP contribution < -0.4 is 10.6 Å². The molecule has 1 saturated heterocycles. The highest BCUT2D eigenvalue weighted by Crippen LogP contribution is 2.44. The number of nitrogens with zero attached hydrogens (tertiary/aromatic N) is 5. The first-order valence-electron chi connectivity index (χ1n) is 12.2. The van der Waals surface area contributed by atoms with Crippen LogP contribution in [-0.2, 0) is 16.2 Å². The van der Waals surface area contributed by atoms with Crippen molar-refractivity contribution in [1.29, 1.82) is 0 Å². The molecule has 0 aromatic carbocycles. The third kappa shape index (κ3) is 5.96. The number of hydrogen-bond acceptors (Lipinski definition) is 10. The topological polar surface area (TPSA) is 141 Å². The lowest BCUT2D eigenvalue weighted by Gasteiger charge is -2.35. The van der Waals surface area contributed by atoms with E-state index in [0.29, 0.717) is 36.0 Å².